The van der Waals surface area contributed by atoms with Crippen molar-refractivity contribution >= 4 is 0 Å². The Morgan fingerprint density at radius 1 is 1.00 bits per heavy atom. The van der Waals surface area contributed by atoms with Crippen LogP contribution in [0.1, 0.15) is 35.2 Å². The van der Waals surface area contributed by atoms with E-state index < -0.39 is 5.82 Å². The van der Waals surface area contributed by atoms with Gasteiger partial charge in [-0.05, 0) is 56.1 Å². The quantitative estimate of drug-likeness (QED) is 0.856. The van der Waals surface area contributed by atoms with Crippen LogP contribution in [0.3, 0.4) is 0 Å². The summed E-state index contributed by atoms with van der Waals surface area (Å²) in [6.45, 7) is 6.87. The molecule has 2 rings (SSSR count). The number of hydrogen-bond donors (Lipinski definition) is 1. The highest BCUT2D eigenvalue weighted by atomic mass is 19.1. The summed E-state index contributed by atoms with van der Waals surface area (Å²) in [5.41, 5.74) is 3.86. The van der Waals surface area contributed by atoms with Gasteiger partial charge in [0.25, 0.3) is 0 Å². The van der Waals surface area contributed by atoms with Crippen molar-refractivity contribution in [3.8, 4) is 0 Å². The van der Waals surface area contributed by atoms with E-state index in [0.29, 0.717) is 12.0 Å². The number of likely N-dealkylation sites (N-methyl/N-ethyl adjacent to an activating group) is 1. The van der Waals surface area contributed by atoms with Crippen molar-refractivity contribution in [1.29, 1.82) is 0 Å². The van der Waals surface area contributed by atoms with Gasteiger partial charge in [-0.1, -0.05) is 36.2 Å². The van der Waals surface area contributed by atoms with E-state index in [1.165, 1.54) is 23.3 Å². The molecule has 0 aliphatic heterocycles. The molecule has 112 valence electrons. The van der Waals surface area contributed by atoms with Crippen LogP contribution < -0.4 is 5.32 Å². The molecule has 0 aliphatic rings. The lowest BCUT2D eigenvalue weighted by Gasteiger charge is -2.20. The molecule has 3 heteroatoms. The summed E-state index contributed by atoms with van der Waals surface area (Å²) in [5.74, 6) is -0.759. The maximum atomic E-state index is 13.9. The van der Waals surface area contributed by atoms with Gasteiger partial charge in [0.15, 0.2) is 0 Å². The van der Waals surface area contributed by atoms with Crippen LogP contribution >= 0.6 is 0 Å². The Bertz CT molecular complexity index is 602. The Labute approximate surface area is 125 Å². The summed E-state index contributed by atoms with van der Waals surface area (Å²) in [6, 6.07) is 9.89. The van der Waals surface area contributed by atoms with Gasteiger partial charge in [-0.3, -0.25) is 0 Å². The average molecular weight is 289 g/mol. The Hall–Kier alpha value is -1.74. The number of rotatable bonds is 5. The summed E-state index contributed by atoms with van der Waals surface area (Å²) in [4.78, 5) is 0. The number of hydrogen-bond acceptors (Lipinski definition) is 1. The molecule has 0 spiro atoms. The third kappa shape index (κ3) is 4.11. The van der Waals surface area contributed by atoms with E-state index >= 15 is 0 Å². The SMILES string of the molecule is CCNC(Cc1cc(F)ccc1F)c1cc(C)cc(C)c1. The van der Waals surface area contributed by atoms with Gasteiger partial charge in [0.2, 0.25) is 0 Å². The van der Waals surface area contributed by atoms with Crippen LogP contribution in [0, 0.1) is 25.5 Å². The molecule has 21 heavy (non-hydrogen) atoms. The van der Waals surface area contributed by atoms with Gasteiger partial charge in [0.05, 0.1) is 0 Å². The maximum absolute atomic E-state index is 13.9. The third-order valence-corrected chi connectivity index (χ3v) is 3.53. The fourth-order valence-corrected chi connectivity index (χ4v) is 2.69. The standard InChI is InChI=1S/C18H21F2N/c1-4-21-18(15-8-12(2)7-13(3)9-15)11-14-10-16(19)5-6-17(14)20/h5-10,18,21H,4,11H2,1-3H3. The molecule has 0 bridgehead atoms. The lowest BCUT2D eigenvalue weighted by molar-refractivity contribution is 0.521. The summed E-state index contributed by atoms with van der Waals surface area (Å²) in [6.07, 6.45) is 0.431. The van der Waals surface area contributed by atoms with Gasteiger partial charge >= 0.3 is 0 Å². The highest BCUT2D eigenvalue weighted by Crippen LogP contribution is 2.23. The molecule has 2 aromatic rings. The first-order valence-electron chi connectivity index (χ1n) is 7.25. The highest BCUT2D eigenvalue weighted by Gasteiger charge is 2.15. The van der Waals surface area contributed by atoms with E-state index in [9.17, 15) is 8.78 Å². The zero-order chi connectivity index (χ0) is 15.4. The second kappa shape index (κ2) is 6.81. The van der Waals surface area contributed by atoms with Crippen molar-refractivity contribution in [3.05, 3.63) is 70.3 Å². The van der Waals surface area contributed by atoms with Crippen molar-refractivity contribution in [2.24, 2.45) is 0 Å². The molecule has 0 aromatic heterocycles. The summed E-state index contributed by atoms with van der Waals surface area (Å²) < 4.78 is 27.2. The second-order valence-corrected chi connectivity index (χ2v) is 5.47. The molecule has 1 atom stereocenters. The van der Waals surface area contributed by atoms with Crippen molar-refractivity contribution in [2.75, 3.05) is 6.54 Å². The van der Waals surface area contributed by atoms with Gasteiger partial charge in [-0.15, -0.1) is 0 Å². The smallest absolute Gasteiger partial charge is 0.126 e. The number of nitrogens with one attached hydrogen (secondary N) is 1. The van der Waals surface area contributed by atoms with E-state index in [-0.39, 0.29) is 11.9 Å². The molecule has 1 N–H and O–H groups in total. The Kier molecular flexibility index (Phi) is 5.07. The van der Waals surface area contributed by atoms with Crippen LogP contribution in [0.5, 0.6) is 0 Å². The van der Waals surface area contributed by atoms with Crippen LogP contribution in [-0.2, 0) is 6.42 Å². The maximum Gasteiger partial charge on any atom is 0.126 e. The van der Waals surface area contributed by atoms with Crippen molar-refractivity contribution < 1.29 is 8.78 Å². The summed E-state index contributed by atoms with van der Waals surface area (Å²) in [7, 11) is 0. The first-order valence-corrected chi connectivity index (χ1v) is 7.25. The summed E-state index contributed by atoms with van der Waals surface area (Å²) >= 11 is 0. The van der Waals surface area contributed by atoms with Crippen molar-refractivity contribution in [3.63, 3.8) is 0 Å². The first-order chi connectivity index (χ1) is 9.99. The normalized spacial score (nSPS) is 12.4. The minimum Gasteiger partial charge on any atom is -0.310 e. The molecule has 2 aromatic carbocycles. The van der Waals surface area contributed by atoms with Gasteiger partial charge in [0, 0.05) is 6.04 Å². The molecule has 1 nitrogen and oxygen atoms in total. The minimum atomic E-state index is -0.401. The van der Waals surface area contributed by atoms with E-state index in [2.05, 4.69) is 23.5 Å². The average Bonchev–Trinajstić information content (AvgIpc) is 2.41. The molecule has 0 fully saturated rings. The predicted molar refractivity (Wildman–Crippen MR) is 82.4 cm³/mol. The van der Waals surface area contributed by atoms with Crippen LogP contribution in [0.2, 0.25) is 0 Å². The molecule has 0 amide bonds. The second-order valence-electron chi connectivity index (χ2n) is 5.47. The molecule has 0 saturated carbocycles. The topological polar surface area (TPSA) is 12.0 Å². The minimum absolute atomic E-state index is 0.0232. The third-order valence-electron chi connectivity index (χ3n) is 3.53. The number of benzene rings is 2. The molecule has 1 unspecified atom stereocenters. The van der Waals surface area contributed by atoms with E-state index in [1.807, 2.05) is 20.8 Å². The largest absolute Gasteiger partial charge is 0.310 e. The van der Waals surface area contributed by atoms with Crippen molar-refractivity contribution in [1.82, 2.24) is 5.32 Å². The first kappa shape index (κ1) is 15.6. The fraction of sp³-hybridized carbons (Fsp3) is 0.333. The fourth-order valence-electron chi connectivity index (χ4n) is 2.69. The lowest BCUT2D eigenvalue weighted by Crippen LogP contribution is -2.23. The lowest BCUT2D eigenvalue weighted by atomic mass is 9.95. The molecular formula is C18H21F2N. The van der Waals surface area contributed by atoms with E-state index in [1.54, 1.807) is 0 Å². The summed E-state index contributed by atoms with van der Waals surface area (Å²) in [5, 5.41) is 3.36. The Morgan fingerprint density at radius 2 is 1.67 bits per heavy atom. The number of aryl methyl sites for hydroxylation is 2. The zero-order valence-electron chi connectivity index (χ0n) is 12.7. The van der Waals surface area contributed by atoms with Crippen LogP contribution in [0.25, 0.3) is 0 Å². The van der Waals surface area contributed by atoms with Gasteiger partial charge in [-0.25, -0.2) is 8.78 Å². The van der Waals surface area contributed by atoms with Gasteiger partial charge in [0.1, 0.15) is 11.6 Å². The molecule has 0 saturated heterocycles. The van der Waals surface area contributed by atoms with Crippen molar-refractivity contribution in [2.45, 2.75) is 33.2 Å². The van der Waals surface area contributed by atoms with Crippen LogP contribution in [0.15, 0.2) is 36.4 Å². The monoisotopic (exact) mass is 289 g/mol. The zero-order valence-corrected chi connectivity index (χ0v) is 12.7. The Balaban J connectivity index is 2.32. The van der Waals surface area contributed by atoms with Gasteiger partial charge < -0.3 is 5.32 Å². The van der Waals surface area contributed by atoms with Gasteiger partial charge in [-0.2, -0.15) is 0 Å². The van der Waals surface area contributed by atoms with Crippen LogP contribution in [0.4, 0.5) is 8.78 Å². The molecule has 0 radical (unpaired) electrons. The molecule has 0 aliphatic carbocycles. The predicted octanol–water partition coefficient (Wildman–Crippen LogP) is 4.47. The Morgan fingerprint density at radius 3 is 2.29 bits per heavy atom. The van der Waals surface area contributed by atoms with E-state index in [4.69, 9.17) is 0 Å². The molecular weight excluding hydrogens is 268 g/mol. The number of halogens is 2. The van der Waals surface area contributed by atoms with E-state index in [0.717, 1.165) is 18.2 Å². The highest BCUT2D eigenvalue weighted by molar-refractivity contribution is 5.32. The van der Waals surface area contributed by atoms with Crippen LogP contribution in [-0.4, -0.2) is 6.54 Å². The molecule has 0 heterocycles.